The fraction of sp³-hybridized carbons (Fsp3) is 0.969. The quantitative estimate of drug-likeness (QED) is 0.442. The highest BCUT2D eigenvalue weighted by atomic mass is 16.3. The third-order valence-corrected chi connectivity index (χ3v) is 12.8. The van der Waals surface area contributed by atoms with Gasteiger partial charge in [0.05, 0.1) is 6.10 Å². The topological polar surface area (TPSA) is 43.8 Å². The summed E-state index contributed by atoms with van der Waals surface area (Å²) in [7, 11) is 0. The standard InChI is InChI=1S/C32H56N2O2/c1-5-6-17-33-18-20-34(21-19-33)30(36)12-7-23(2)27-10-11-28-26-9-8-24-22-25(35)13-15-31(24,3)29(26)14-16-32(27,28)4/h23-29,35H,5-22H2,1-4H3/t23?,24?,25-,26?,27-,28?,29?,31+,32-/m1/s1. The molecule has 5 unspecified atom stereocenters. The Hall–Kier alpha value is -0.610. The molecule has 36 heavy (non-hydrogen) atoms. The van der Waals surface area contributed by atoms with Crippen LogP contribution in [0.2, 0.25) is 0 Å². The number of rotatable bonds is 7. The summed E-state index contributed by atoms with van der Waals surface area (Å²) in [5.74, 6) is 5.29. The fourth-order valence-electron chi connectivity index (χ4n) is 10.5. The Balaban J connectivity index is 1.15. The number of nitrogens with zero attached hydrogens (tertiary/aromatic N) is 2. The van der Waals surface area contributed by atoms with Crippen LogP contribution in [-0.2, 0) is 4.79 Å². The molecule has 5 rings (SSSR count). The zero-order chi connectivity index (χ0) is 25.5. The van der Waals surface area contributed by atoms with Crippen molar-refractivity contribution in [3.63, 3.8) is 0 Å². The number of carbonyl (C=O) groups is 1. The second-order valence-corrected chi connectivity index (χ2v) is 14.4. The molecule has 206 valence electrons. The van der Waals surface area contributed by atoms with Gasteiger partial charge in [-0.15, -0.1) is 0 Å². The van der Waals surface area contributed by atoms with Crippen LogP contribution in [0.25, 0.3) is 0 Å². The molecular weight excluding hydrogens is 444 g/mol. The molecule has 4 saturated carbocycles. The largest absolute Gasteiger partial charge is 0.393 e. The number of hydrogen-bond donors (Lipinski definition) is 1. The molecule has 1 heterocycles. The highest BCUT2D eigenvalue weighted by Crippen LogP contribution is 2.68. The number of aliphatic hydroxyl groups is 1. The van der Waals surface area contributed by atoms with Gasteiger partial charge in [-0.2, -0.15) is 0 Å². The number of amides is 1. The molecule has 4 nitrogen and oxygen atoms in total. The van der Waals surface area contributed by atoms with E-state index in [9.17, 15) is 9.90 Å². The van der Waals surface area contributed by atoms with Crippen LogP contribution < -0.4 is 0 Å². The molecule has 0 aromatic heterocycles. The first-order valence-corrected chi connectivity index (χ1v) is 15.9. The second kappa shape index (κ2) is 10.9. The van der Waals surface area contributed by atoms with Crippen LogP contribution in [0.4, 0.5) is 0 Å². The third-order valence-electron chi connectivity index (χ3n) is 12.8. The van der Waals surface area contributed by atoms with Gasteiger partial charge in [0, 0.05) is 32.6 Å². The van der Waals surface area contributed by atoms with E-state index < -0.39 is 0 Å². The predicted molar refractivity (Wildman–Crippen MR) is 148 cm³/mol. The van der Waals surface area contributed by atoms with E-state index in [0.29, 0.717) is 22.7 Å². The molecule has 0 aromatic rings. The molecule has 1 aliphatic heterocycles. The smallest absolute Gasteiger partial charge is 0.222 e. The van der Waals surface area contributed by atoms with Crippen LogP contribution >= 0.6 is 0 Å². The minimum Gasteiger partial charge on any atom is -0.393 e. The van der Waals surface area contributed by atoms with Crippen molar-refractivity contribution < 1.29 is 9.90 Å². The van der Waals surface area contributed by atoms with E-state index >= 15 is 0 Å². The van der Waals surface area contributed by atoms with Crippen LogP contribution in [0, 0.1) is 46.3 Å². The average molecular weight is 501 g/mol. The number of fused-ring (bicyclic) bond motifs is 5. The summed E-state index contributed by atoms with van der Waals surface area (Å²) in [6.07, 6.45) is 16.0. The maximum Gasteiger partial charge on any atom is 0.222 e. The Labute approximate surface area is 221 Å². The predicted octanol–water partition coefficient (Wildman–Crippen LogP) is 6.37. The van der Waals surface area contributed by atoms with Crippen LogP contribution in [0.5, 0.6) is 0 Å². The Bertz CT molecular complexity index is 763. The van der Waals surface area contributed by atoms with E-state index in [1.54, 1.807) is 0 Å². The Morgan fingerprint density at radius 2 is 1.67 bits per heavy atom. The van der Waals surface area contributed by atoms with Gasteiger partial charge >= 0.3 is 0 Å². The number of piperazine rings is 1. The molecule has 1 N–H and O–H groups in total. The van der Waals surface area contributed by atoms with Gasteiger partial charge in [0.1, 0.15) is 0 Å². The molecule has 0 aromatic carbocycles. The van der Waals surface area contributed by atoms with Crippen molar-refractivity contribution in [2.24, 2.45) is 46.3 Å². The Morgan fingerprint density at radius 3 is 2.42 bits per heavy atom. The lowest BCUT2D eigenvalue weighted by molar-refractivity contribution is -0.134. The summed E-state index contributed by atoms with van der Waals surface area (Å²) in [5, 5.41) is 10.3. The zero-order valence-corrected chi connectivity index (χ0v) is 24.0. The summed E-state index contributed by atoms with van der Waals surface area (Å²) >= 11 is 0. The van der Waals surface area contributed by atoms with Crippen molar-refractivity contribution in [2.45, 2.75) is 117 Å². The van der Waals surface area contributed by atoms with Crippen molar-refractivity contribution in [1.82, 2.24) is 9.80 Å². The van der Waals surface area contributed by atoms with Crippen LogP contribution in [0.15, 0.2) is 0 Å². The number of hydrogen-bond acceptors (Lipinski definition) is 3. The van der Waals surface area contributed by atoms with Crippen molar-refractivity contribution in [3.8, 4) is 0 Å². The van der Waals surface area contributed by atoms with Gasteiger partial charge < -0.3 is 10.0 Å². The number of carbonyl (C=O) groups excluding carboxylic acids is 1. The molecule has 4 aliphatic carbocycles. The molecule has 1 saturated heterocycles. The summed E-state index contributed by atoms with van der Waals surface area (Å²) in [6.45, 7) is 15.2. The van der Waals surface area contributed by atoms with Gasteiger partial charge in [0.15, 0.2) is 0 Å². The fourth-order valence-corrected chi connectivity index (χ4v) is 10.5. The summed E-state index contributed by atoms with van der Waals surface area (Å²) < 4.78 is 0. The zero-order valence-electron chi connectivity index (χ0n) is 24.0. The van der Waals surface area contributed by atoms with Crippen molar-refractivity contribution in [3.05, 3.63) is 0 Å². The summed E-state index contributed by atoms with van der Waals surface area (Å²) in [6, 6.07) is 0. The molecule has 0 bridgehead atoms. The van der Waals surface area contributed by atoms with Crippen LogP contribution in [0.3, 0.4) is 0 Å². The summed E-state index contributed by atoms with van der Waals surface area (Å²) in [4.78, 5) is 17.8. The van der Waals surface area contributed by atoms with Gasteiger partial charge in [-0.3, -0.25) is 9.69 Å². The molecule has 1 amide bonds. The SMILES string of the molecule is CCCCN1CCN(C(=O)CCC(C)[C@H]2CCC3C4CCC5C[C@H](O)CC[C@]5(C)C4CC[C@@]32C)CC1. The monoisotopic (exact) mass is 500 g/mol. The van der Waals surface area contributed by atoms with E-state index in [4.69, 9.17) is 0 Å². The molecular formula is C32H56N2O2. The normalized spacial score (nSPS) is 44.0. The van der Waals surface area contributed by atoms with Crippen molar-refractivity contribution >= 4 is 5.91 Å². The first-order chi connectivity index (χ1) is 17.3. The molecule has 5 fully saturated rings. The molecule has 5 aliphatic rings. The summed E-state index contributed by atoms with van der Waals surface area (Å²) in [5.41, 5.74) is 0.950. The van der Waals surface area contributed by atoms with E-state index in [1.165, 1.54) is 64.3 Å². The average Bonchev–Trinajstić information content (AvgIpc) is 3.24. The van der Waals surface area contributed by atoms with Gasteiger partial charge in [-0.1, -0.05) is 34.1 Å². The highest BCUT2D eigenvalue weighted by molar-refractivity contribution is 5.76. The lowest BCUT2D eigenvalue weighted by Crippen LogP contribution is -2.54. The van der Waals surface area contributed by atoms with Gasteiger partial charge in [-0.25, -0.2) is 0 Å². The first kappa shape index (κ1) is 27.0. The number of unbranched alkanes of at least 4 members (excludes halogenated alkanes) is 1. The number of aliphatic hydroxyl groups excluding tert-OH is 1. The van der Waals surface area contributed by atoms with E-state index in [0.717, 1.165) is 81.5 Å². The molecule has 9 atom stereocenters. The minimum atomic E-state index is -0.0437. The van der Waals surface area contributed by atoms with Gasteiger partial charge in [0.25, 0.3) is 0 Å². The minimum absolute atomic E-state index is 0.0437. The van der Waals surface area contributed by atoms with E-state index in [2.05, 4.69) is 37.5 Å². The van der Waals surface area contributed by atoms with Gasteiger partial charge in [-0.05, 0) is 124 Å². The van der Waals surface area contributed by atoms with Crippen molar-refractivity contribution in [1.29, 1.82) is 0 Å². The second-order valence-electron chi connectivity index (χ2n) is 14.4. The molecule has 0 spiro atoms. The Morgan fingerprint density at radius 1 is 0.944 bits per heavy atom. The first-order valence-electron chi connectivity index (χ1n) is 15.9. The van der Waals surface area contributed by atoms with Crippen molar-refractivity contribution in [2.75, 3.05) is 32.7 Å². The lowest BCUT2D eigenvalue weighted by atomic mass is 9.44. The molecule has 0 radical (unpaired) electrons. The van der Waals surface area contributed by atoms with Crippen LogP contribution in [0.1, 0.15) is 111 Å². The third kappa shape index (κ3) is 4.92. The maximum atomic E-state index is 13.1. The van der Waals surface area contributed by atoms with E-state index in [-0.39, 0.29) is 6.10 Å². The van der Waals surface area contributed by atoms with Crippen LogP contribution in [-0.4, -0.2) is 59.6 Å². The highest BCUT2D eigenvalue weighted by Gasteiger charge is 2.60. The Kier molecular flexibility index (Phi) is 8.15. The van der Waals surface area contributed by atoms with Gasteiger partial charge in [0.2, 0.25) is 5.91 Å². The van der Waals surface area contributed by atoms with E-state index in [1.807, 2.05) is 0 Å². The molecule has 4 heteroatoms. The maximum absolute atomic E-state index is 13.1. The lowest BCUT2D eigenvalue weighted by Gasteiger charge is -2.61.